The van der Waals surface area contributed by atoms with Crippen molar-refractivity contribution in [3.05, 3.63) is 17.8 Å². The molecule has 1 fully saturated rings. The molecule has 1 heterocycles. The summed E-state index contributed by atoms with van der Waals surface area (Å²) in [6, 6.07) is 2.02. The van der Waals surface area contributed by atoms with E-state index in [0.29, 0.717) is 29.7 Å². The molecule has 0 aliphatic heterocycles. The normalized spacial score (nSPS) is 14.3. The highest BCUT2D eigenvalue weighted by Gasteiger charge is 2.30. The Balaban J connectivity index is 2.29. The summed E-state index contributed by atoms with van der Waals surface area (Å²) in [7, 11) is 1.31. The Bertz CT molecular complexity index is 446. The van der Waals surface area contributed by atoms with Gasteiger partial charge in [0.1, 0.15) is 5.82 Å². The number of aliphatic hydroxyl groups is 1. The molecule has 2 rings (SSSR count). The van der Waals surface area contributed by atoms with Gasteiger partial charge in [-0.05, 0) is 18.9 Å². The molecule has 98 valence electrons. The van der Waals surface area contributed by atoms with Gasteiger partial charge in [0, 0.05) is 12.6 Å². The minimum absolute atomic E-state index is 0.0517. The number of aromatic nitrogens is 1. The largest absolute Gasteiger partial charge is 0.465 e. The summed E-state index contributed by atoms with van der Waals surface area (Å²) in [5.74, 6) is 0.178. The van der Waals surface area contributed by atoms with Crippen molar-refractivity contribution >= 4 is 17.5 Å². The summed E-state index contributed by atoms with van der Waals surface area (Å²) in [5.41, 5.74) is 6.31. The van der Waals surface area contributed by atoms with Gasteiger partial charge in [0.15, 0.2) is 0 Å². The SMILES string of the molecule is COC(=O)c1cc(N(CCO)C2CC2)ncc1N. The molecule has 0 bridgehead atoms. The lowest BCUT2D eigenvalue weighted by molar-refractivity contribution is 0.0602. The average Bonchev–Trinajstić information content (AvgIpc) is 3.20. The minimum Gasteiger partial charge on any atom is -0.465 e. The van der Waals surface area contributed by atoms with E-state index in [2.05, 4.69) is 9.72 Å². The first-order valence-corrected chi connectivity index (χ1v) is 5.88. The molecule has 6 heteroatoms. The van der Waals surface area contributed by atoms with Gasteiger partial charge in [0.25, 0.3) is 0 Å². The number of hydrogen-bond acceptors (Lipinski definition) is 6. The maximum absolute atomic E-state index is 11.6. The van der Waals surface area contributed by atoms with E-state index in [-0.39, 0.29) is 6.61 Å². The quantitative estimate of drug-likeness (QED) is 0.737. The van der Waals surface area contributed by atoms with Crippen LogP contribution in [0.25, 0.3) is 0 Å². The third-order valence-electron chi connectivity index (χ3n) is 2.95. The summed E-state index contributed by atoms with van der Waals surface area (Å²) < 4.78 is 4.67. The number of rotatable bonds is 5. The molecule has 1 aliphatic carbocycles. The number of hydrogen-bond donors (Lipinski definition) is 2. The molecular weight excluding hydrogens is 234 g/mol. The van der Waals surface area contributed by atoms with Crippen molar-refractivity contribution in [2.75, 3.05) is 30.9 Å². The molecular formula is C12H17N3O3. The van der Waals surface area contributed by atoms with Crippen molar-refractivity contribution in [3.63, 3.8) is 0 Å². The number of nitrogens with two attached hydrogens (primary N) is 1. The van der Waals surface area contributed by atoms with Crippen molar-refractivity contribution in [2.45, 2.75) is 18.9 Å². The number of pyridine rings is 1. The Hall–Kier alpha value is -1.82. The molecule has 0 amide bonds. The van der Waals surface area contributed by atoms with Crippen LogP contribution in [0, 0.1) is 0 Å². The van der Waals surface area contributed by atoms with Crippen LogP contribution in [0.2, 0.25) is 0 Å². The third-order valence-corrected chi connectivity index (χ3v) is 2.95. The predicted octanol–water partition coefficient (Wildman–Crippen LogP) is 0.411. The van der Waals surface area contributed by atoms with E-state index in [0.717, 1.165) is 12.8 Å². The summed E-state index contributed by atoms with van der Waals surface area (Å²) in [6.45, 7) is 0.554. The van der Waals surface area contributed by atoms with Crippen LogP contribution >= 0.6 is 0 Å². The highest BCUT2D eigenvalue weighted by atomic mass is 16.5. The molecule has 18 heavy (non-hydrogen) atoms. The van der Waals surface area contributed by atoms with Crippen LogP contribution < -0.4 is 10.6 Å². The summed E-state index contributed by atoms with van der Waals surface area (Å²) in [5, 5.41) is 9.07. The lowest BCUT2D eigenvalue weighted by Crippen LogP contribution is -2.30. The number of nitrogen functional groups attached to an aromatic ring is 1. The van der Waals surface area contributed by atoms with Crippen LogP contribution in [-0.4, -0.2) is 42.4 Å². The first kappa shape index (κ1) is 12.6. The van der Waals surface area contributed by atoms with E-state index < -0.39 is 5.97 Å². The van der Waals surface area contributed by atoms with Crippen LogP contribution in [0.3, 0.4) is 0 Å². The predicted molar refractivity (Wildman–Crippen MR) is 67.4 cm³/mol. The van der Waals surface area contributed by atoms with Gasteiger partial charge >= 0.3 is 5.97 Å². The first-order chi connectivity index (χ1) is 8.67. The molecule has 0 aromatic carbocycles. The number of ether oxygens (including phenoxy) is 1. The Labute approximate surface area is 105 Å². The monoisotopic (exact) mass is 251 g/mol. The van der Waals surface area contributed by atoms with Gasteiger partial charge in [0.05, 0.1) is 31.2 Å². The molecule has 0 spiro atoms. The molecule has 1 aliphatic rings. The average molecular weight is 251 g/mol. The van der Waals surface area contributed by atoms with E-state index >= 15 is 0 Å². The zero-order valence-electron chi connectivity index (χ0n) is 10.3. The first-order valence-electron chi connectivity index (χ1n) is 5.88. The lowest BCUT2D eigenvalue weighted by atomic mass is 10.2. The van der Waals surface area contributed by atoms with Crippen LogP contribution in [0.15, 0.2) is 12.3 Å². The van der Waals surface area contributed by atoms with Crippen molar-refractivity contribution in [1.82, 2.24) is 4.98 Å². The number of methoxy groups -OCH3 is 1. The summed E-state index contributed by atoms with van der Waals surface area (Å²) in [4.78, 5) is 17.8. The van der Waals surface area contributed by atoms with Gasteiger partial charge in [0.2, 0.25) is 0 Å². The molecule has 0 radical (unpaired) electrons. The van der Waals surface area contributed by atoms with Crippen LogP contribution in [0.4, 0.5) is 11.5 Å². The Morgan fingerprint density at radius 2 is 2.39 bits per heavy atom. The number of carbonyl (C=O) groups is 1. The van der Waals surface area contributed by atoms with Crippen molar-refractivity contribution < 1.29 is 14.6 Å². The third kappa shape index (κ3) is 2.53. The fraction of sp³-hybridized carbons (Fsp3) is 0.500. The zero-order chi connectivity index (χ0) is 13.1. The highest BCUT2D eigenvalue weighted by molar-refractivity contribution is 5.95. The number of carbonyl (C=O) groups excluding carboxylic acids is 1. The smallest absolute Gasteiger partial charge is 0.340 e. The number of aliphatic hydroxyl groups excluding tert-OH is 1. The minimum atomic E-state index is -0.476. The lowest BCUT2D eigenvalue weighted by Gasteiger charge is -2.23. The Kier molecular flexibility index (Phi) is 3.66. The second-order valence-electron chi connectivity index (χ2n) is 4.27. The van der Waals surface area contributed by atoms with Crippen molar-refractivity contribution in [3.8, 4) is 0 Å². The van der Waals surface area contributed by atoms with Crippen LogP contribution in [0.1, 0.15) is 23.2 Å². The van der Waals surface area contributed by atoms with Crippen LogP contribution in [-0.2, 0) is 4.74 Å². The maximum Gasteiger partial charge on any atom is 0.340 e. The van der Waals surface area contributed by atoms with Gasteiger partial charge in [-0.2, -0.15) is 0 Å². The van der Waals surface area contributed by atoms with Gasteiger partial charge in [-0.25, -0.2) is 9.78 Å². The maximum atomic E-state index is 11.6. The number of anilines is 2. The molecule has 1 aromatic heterocycles. The Morgan fingerprint density at radius 3 is 2.94 bits per heavy atom. The standard InChI is InChI=1S/C12H17N3O3/c1-18-12(17)9-6-11(14-7-10(9)13)15(4-5-16)8-2-3-8/h6-8,16H,2-5,13H2,1H3. The fourth-order valence-electron chi connectivity index (χ4n) is 1.88. The number of esters is 1. The molecule has 0 unspecified atom stereocenters. The van der Waals surface area contributed by atoms with Gasteiger partial charge < -0.3 is 20.5 Å². The topological polar surface area (TPSA) is 88.7 Å². The molecule has 1 aromatic rings. The fourth-order valence-corrected chi connectivity index (χ4v) is 1.88. The Morgan fingerprint density at radius 1 is 1.67 bits per heavy atom. The van der Waals surface area contributed by atoms with Gasteiger partial charge in [-0.15, -0.1) is 0 Å². The number of nitrogens with zero attached hydrogens (tertiary/aromatic N) is 2. The molecule has 3 N–H and O–H groups in total. The molecule has 0 atom stereocenters. The molecule has 0 saturated heterocycles. The summed E-state index contributed by atoms with van der Waals surface area (Å²) >= 11 is 0. The van der Waals surface area contributed by atoms with E-state index in [4.69, 9.17) is 10.8 Å². The second-order valence-corrected chi connectivity index (χ2v) is 4.27. The van der Waals surface area contributed by atoms with Crippen molar-refractivity contribution in [1.29, 1.82) is 0 Å². The van der Waals surface area contributed by atoms with Crippen LogP contribution in [0.5, 0.6) is 0 Å². The zero-order valence-corrected chi connectivity index (χ0v) is 10.3. The second kappa shape index (κ2) is 5.22. The molecule has 6 nitrogen and oxygen atoms in total. The van der Waals surface area contributed by atoms with Gasteiger partial charge in [-0.3, -0.25) is 0 Å². The molecule has 1 saturated carbocycles. The highest BCUT2D eigenvalue weighted by Crippen LogP contribution is 2.31. The van der Waals surface area contributed by atoms with E-state index in [9.17, 15) is 4.79 Å². The van der Waals surface area contributed by atoms with Crippen molar-refractivity contribution in [2.24, 2.45) is 0 Å². The summed E-state index contributed by atoms with van der Waals surface area (Å²) in [6.07, 6.45) is 3.62. The van der Waals surface area contributed by atoms with E-state index in [1.54, 1.807) is 6.07 Å². The van der Waals surface area contributed by atoms with E-state index in [1.807, 2.05) is 4.90 Å². The van der Waals surface area contributed by atoms with Gasteiger partial charge in [-0.1, -0.05) is 0 Å². The van der Waals surface area contributed by atoms with E-state index in [1.165, 1.54) is 13.3 Å².